The minimum absolute atomic E-state index is 0.243. The number of para-hydroxylation sites is 2. The first-order valence-electron chi connectivity index (χ1n) is 8.05. The number of hydrogen-bond donors (Lipinski definition) is 2. The molecule has 0 aliphatic heterocycles. The zero-order chi connectivity index (χ0) is 17.5. The molecule has 5 nitrogen and oxygen atoms in total. The molecule has 0 spiro atoms. The molecule has 2 aromatic carbocycles. The van der Waals surface area contributed by atoms with E-state index in [2.05, 4.69) is 20.6 Å². The number of nitrogens with one attached hydrogen (secondary N) is 2. The van der Waals surface area contributed by atoms with E-state index in [1.807, 2.05) is 31.2 Å². The van der Waals surface area contributed by atoms with E-state index in [9.17, 15) is 4.39 Å². The van der Waals surface area contributed by atoms with Crippen LogP contribution in [-0.4, -0.2) is 16.6 Å². The van der Waals surface area contributed by atoms with Gasteiger partial charge >= 0.3 is 0 Å². The van der Waals surface area contributed by atoms with Crippen molar-refractivity contribution in [1.29, 1.82) is 0 Å². The monoisotopic (exact) mass is 338 g/mol. The zero-order valence-corrected chi connectivity index (χ0v) is 13.9. The van der Waals surface area contributed by atoms with Gasteiger partial charge in [0.15, 0.2) is 0 Å². The third-order valence-electron chi connectivity index (χ3n) is 3.51. The molecule has 0 radical (unpaired) electrons. The Labute approximate surface area is 145 Å². The molecule has 3 aromatic rings. The van der Waals surface area contributed by atoms with Crippen LogP contribution in [-0.2, 0) is 6.54 Å². The van der Waals surface area contributed by atoms with E-state index in [0.29, 0.717) is 30.5 Å². The van der Waals surface area contributed by atoms with Crippen LogP contribution in [0, 0.1) is 5.82 Å². The number of nitrogens with zero attached hydrogens (tertiary/aromatic N) is 2. The van der Waals surface area contributed by atoms with Gasteiger partial charge in [0.2, 0.25) is 5.95 Å². The highest BCUT2D eigenvalue weighted by molar-refractivity contribution is 5.62. The Morgan fingerprint density at radius 1 is 1.04 bits per heavy atom. The van der Waals surface area contributed by atoms with Crippen LogP contribution < -0.4 is 15.4 Å². The number of rotatable bonds is 7. The zero-order valence-electron chi connectivity index (χ0n) is 13.9. The lowest BCUT2D eigenvalue weighted by molar-refractivity contribution is 0.342. The minimum Gasteiger partial charge on any atom is -0.492 e. The largest absolute Gasteiger partial charge is 0.492 e. The number of benzene rings is 2. The summed E-state index contributed by atoms with van der Waals surface area (Å²) in [5, 5.41) is 6.25. The summed E-state index contributed by atoms with van der Waals surface area (Å²) in [6.07, 6.45) is 1.64. The summed E-state index contributed by atoms with van der Waals surface area (Å²) in [6.45, 7) is 2.85. The van der Waals surface area contributed by atoms with Crippen LogP contribution in [0.5, 0.6) is 5.75 Å². The molecule has 0 amide bonds. The Morgan fingerprint density at radius 2 is 1.84 bits per heavy atom. The molecule has 25 heavy (non-hydrogen) atoms. The van der Waals surface area contributed by atoms with Crippen LogP contribution in [0.25, 0.3) is 0 Å². The van der Waals surface area contributed by atoms with Crippen LogP contribution in [0.4, 0.5) is 21.8 Å². The van der Waals surface area contributed by atoms with Crippen molar-refractivity contribution < 1.29 is 9.13 Å². The van der Waals surface area contributed by atoms with Crippen molar-refractivity contribution in [3.8, 4) is 5.75 Å². The first kappa shape index (κ1) is 16.7. The number of ether oxygens (including phenoxy) is 1. The lowest BCUT2D eigenvalue weighted by Crippen LogP contribution is -2.06. The summed E-state index contributed by atoms with van der Waals surface area (Å²) in [5.41, 5.74) is 1.37. The Bertz CT molecular complexity index is 841. The van der Waals surface area contributed by atoms with Crippen LogP contribution in [0.3, 0.4) is 0 Å². The molecule has 0 fully saturated rings. The first-order chi connectivity index (χ1) is 12.3. The third-order valence-corrected chi connectivity index (χ3v) is 3.51. The van der Waals surface area contributed by atoms with E-state index in [0.717, 1.165) is 11.4 Å². The average molecular weight is 338 g/mol. The maximum absolute atomic E-state index is 13.7. The Morgan fingerprint density at radius 3 is 2.68 bits per heavy atom. The molecule has 1 aromatic heterocycles. The van der Waals surface area contributed by atoms with Gasteiger partial charge in [0.25, 0.3) is 0 Å². The number of halogens is 1. The predicted octanol–water partition coefficient (Wildman–Crippen LogP) is 4.37. The average Bonchev–Trinajstić information content (AvgIpc) is 2.63. The van der Waals surface area contributed by atoms with Crippen LogP contribution >= 0.6 is 0 Å². The van der Waals surface area contributed by atoms with Crippen LogP contribution in [0.15, 0.2) is 60.8 Å². The van der Waals surface area contributed by atoms with Gasteiger partial charge in [-0.15, -0.1) is 0 Å². The lowest BCUT2D eigenvalue weighted by atomic mass is 10.2. The molecule has 1 heterocycles. The smallest absolute Gasteiger partial charge is 0.229 e. The van der Waals surface area contributed by atoms with Gasteiger partial charge in [-0.1, -0.05) is 30.3 Å². The van der Waals surface area contributed by atoms with Gasteiger partial charge in [0, 0.05) is 18.3 Å². The fourth-order valence-corrected chi connectivity index (χ4v) is 2.32. The van der Waals surface area contributed by atoms with Crippen LogP contribution in [0.2, 0.25) is 0 Å². The maximum atomic E-state index is 13.7. The second-order valence-corrected chi connectivity index (χ2v) is 5.26. The van der Waals surface area contributed by atoms with E-state index in [4.69, 9.17) is 4.74 Å². The predicted molar refractivity (Wildman–Crippen MR) is 96.7 cm³/mol. The van der Waals surface area contributed by atoms with Crippen molar-refractivity contribution >= 4 is 17.5 Å². The number of hydrogen-bond acceptors (Lipinski definition) is 5. The molecule has 6 heteroatoms. The summed E-state index contributed by atoms with van der Waals surface area (Å²) >= 11 is 0. The van der Waals surface area contributed by atoms with Gasteiger partial charge in [0.05, 0.1) is 12.3 Å². The van der Waals surface area contributed by atoms with Gasteiger partial charge in [-0.05, 0) is 31.2 Å². The molecule has 0 atom stereocenters. The van der Waals surface area contributed by atoms with Crippen LogP contribution in [0.1, 0.15) is 12.5 Å². The molecule has 0 aliphatic rings. The van der Waals surface area contributed by atoms with Gasteiger partial charge in [-0.3, -0.25) is 0 Å². The second kappa shape index (κ2) is 8.10. The molecule has 0 saturated heterocycles. The molecule has 128 valence electrons. The highest BCUT2D eigenvalue weighted by Gasteiger charge is 2.06. The minimum atomic E-state index is -0.243. The molecule has 3 rings (SSSR count). The van der Waals surface area contributed by atoms with E-state index in [1.54, 1.807) is 30.5 Å². The molecule has 2 N–H and O–H groups in total. The number of aromatic nitrogens is 2. The van der Waals surface area contributed by atoms with Gasteiger partial charge in [-0.2, -0.15) is 4.98 Å². The van der Waals surface area contributed by atoms with Gasteiger partial charge in [0.1, 0.15) is 17.4 Å². The van der Waals surface area contributed by atoms with Crippen molar-refractivity contribution in [2.75, 3.05) is 17.2 Å². The van der Waals surface area contributed by atoms with E-state index in [-0.39, 0.29) is 5.82 Å². The Balaban J connectivity index is 1.71. The Kier molecular flexibility index (Phi) is 5.41. The summed E-state index contributed by atoms with van der Waals surface area (Å²) in [5.74, 6) is 1.53. The molecule has 0 aliphatic carbocycles. The Hall–Kier alpha value is -3.15. The molecule has 0 saturated carbocycles. The molecule has 0 bridgehead atoms. The summed E-state index contributed by atoms with van der Waals surface area (Å²) in [6, 6.07) is 16.0. The van der Waals surface area contributed by atoms with Crippen molar-refractivity contribution in [1.82, 2.24) is 9.97 Å². The van der Waals surface area contributed by atoms with Crippen molar-refractivity contribution in [3.05, 3.63) is 72.2 Å². The fourth-order valence-electron chi connectivity index (χ4n) is 2.32. The van der Waals surface area contributed by atoms with Gasteiger partial charge in [-0.25, -0.2) is 9.37 Å². The highest BCUT2D eigenvalue weighted by atomic mass is 19.1. The summed E-state index contributed by atoms with van der Waals surface area (Å²) in [4.78, 5) is 8.62. The van der Waals surface area contributed by atoms with Crippen molar-refractivity contribution in [2.24, 2.45) is 0 Å². The van der Waals surface area contributed by atoms with Crippen molar-refractivity contribution in [3.63, 3.8) is 0 Å². The van der Waals surface area contributed by atoms with Gasteiger partial charge < -0.3 is 15.4 Å². The standard InChI is InChI=1S/C19H19FN4O/c1-2-25-17-10-6-5-9-16(17)23-19-21-12-11-18(24-19)22-13-14-7-3-4-8-15(14)20/h3-12H,2,13H2,1H3,(H2,21,22,23,24). The third kappa shape index (κ3) is 4.44. The van der Waals surface area contributed by atoms with E-state index < -0.39 is 0 Å². The first-order valence-corrected chi connectivity index (χ1v) is 8.05. The molecular weight excluding hydrogens is 319 g/mol. The lowest BCUT2D eigenvalue weighted by Gasteiger charge is -2.12. The molecule has 0 unspecified atom stereocenters. The quantitative estimate of drug-likeness (QED) is 0.670. The van der Waals surface area contributed by atoms with E-state index >= 15 is 0 Å². The maximum Gasteiger partial charge on any atom is 0.229 e. The van der Waals surface area contributed by atoms with Crippen molar-refractivity contribution in [2.45, 2.75) is 13.5 Å². The normalized spacial score (nSPS) is 10.3. The SMILES string of the molecule is CCOc1ccccc1Nc1nccc(NCc2ccccc2F)n1. The fraction of sp³-hybridized carbons (Fsp3) is 0.158. The number of anilines is 3. The summed E-state index contributed by atoms with van der Waals surface area (Å²) in [7, 11) is 0. The second-order valence-electron chi connectivity index (χ2n) is 5.26. The van der Waals surface area contributed by atoms with E-state index in [1.165, 1.54) is 6.07 Å². The topological polar surface area (TPSA) is 59.1 Å². The highest BCUT2D eigenvalue weighted by Crippen LogP contribution is 2.26. The molecular formula is C19H19FN4O. The summed E-state index contributed by atoms with van der Waals surface area (Å²) < 4.78 is 19.3.